The lowest BCUT2D eigenvalue weighted by molar-refractivity contribution is -0.158. The highest BCUT2D eigenvalue weighted by Crippen LogP contribution is 2.21. The largest absolute Gasteiger partial charge is 0.476 e. The SMILES string of the molecule is CCOC(=O)C(C)(C)Oc1ccc(C(=O)c2ccc(C)cc2)cc1. The first-order valence-electron chi connectivity index (χ1n) is 7.91. The van der Waals surface area contributed by atoms with E-state index >= 15 is 0 Å². The van der Waals surface area contributed by atoms with Gasteiger partial charge in [0.25, 0.3) is 0 Å². The van der Waals surface area contributed by atoms with Gasteiger partial charge in [-0.3, -0.25) is 4.79 Å². The van der Waals surface area contributed by atoms with Crippen LogP contribution in [0.1, 0.15) is 42.3 Å². The standard InChI is InChI=1S/C20H22O4/c1-5-23-19(22)20(3,4)24-17-12-10-16(11-13-17)18(21)15-8-6-14(2)7-9-15/h6-13H,5H2,1-4H3. The highest BCUT2D eigenvalue weighted by atomic mass is 16.6. The molecule has 0 spiro atoms. The molecule has 4 heteroatoms. The molecule has 0 atom stereocenters. The lowest BCUT2D eigenvalue weighted by atomic mass is 10.0. The summed E-state index contributed by atoms with van der Waals surface area (Å²) in [5.74, 6) is 0.0320. The number of esters is 1. The van der Waals surface area contributed by atoms with Crippen molar-refractivity contribution in [1.82, 2.24) is 0 Å². The molecular weight excluding hydrogens is 304 g/mol. The van der Waals surface area contributed by atoms with Gasteiger partial charge in [-0.15, -0.1) is 0 Å². The number of ether oxygens (including phenoxy) is 2. The molecule has 0 heterocycles. The van der Waals surface area contributed by atoms with Gasteiger partial charge in [0, 0.05) is 11.1 Å². The second-order valence-electron chi connectivity index (χ2n) is 6.05. The van der Waals surface area contributed by atoms with E-state index in [1.165, 1.54) is 0 Å². The van der Waals surface area contributed by atoms with Crippen molar-refractivity contribution in [3.05, 3.63) is 65.2 Å². The molecule has 0 aliphatic heterocycles. The molecule has 0 aromatic heterocycles. The Hall–Kier alpha value is -2.62. The highest BCUT2D eigenvalue weighted by Gasteiger charge is 2.31. The third-order valence-corrected chi connectivity index (χ3v) is 3.57. The van der Waals surface area contributed by atoms with E-state index in [1.807, 2.05) is 31.2 Å². The lowest BCUT2D eigenvalue weighted by Crippen LogP contribution is -2.39. The van der Waals surface area contributed by atoms with E-state index < -0.39 is 11.6 Å². The first-order valence-corrected chi connectivity index (χ1v) is 7.91. The molecule has 0 bridgehead atoms. The number of ketones is 1. The summed E-state index contributed by atoms with van der Waals surface area (Å²) in [6, 6.07) is 14.2. The molecule has 0 amide bonds. The number of carbonyl (C=O) groups is 2. The number of aryl methyl sites for hydroxylation is 1. The fourth-order valence-electron chi connectivity index (χ4n) is 2.19. The van der Waals surface area contributed by atoms with Crippen LogP contribution in [0, 0.1) is 6.92 Å². The van der Waals surface area contributed by atoms with Gasteiger partial charge >= 0.3 is 5.97 Å². The van der Waals surface area contributed by atoms with E-state index in [0.29, 0.717) is 23.5 Å². The molecule has 0 saturated carbocycles. The third-order valence-electron chi connectivity index (χ3n) is 3.57. The maximum atomic E-state index is 12.4. The molecule has 2 rings (SSSR count). The Morgan fingerprint density at radius 1 is 0.917 bits per heavy atom. The predicted octanol–water partition coefficient (Wildman–Crippen LogP) is 3.95. The topological polar surface area (TPSA) is 52.6 Å². The van der Waals surface area contributed by atoms with Gasteiger partial charge in [0.05, 0.1) is 6.61 Å². The Bertz CT molecular complexity index is 712. The molecule has 0 saturated heterocycles. The molecule has 24 heavy (non-hydrogen) atoms. The number of hydrogen-bond donors (Lipinski definition) is 0. The summed E-state index contributed by atoms with van der Waals surface area (Å²) < 4.78 is 10.7. The van der Waals surface area contributed by atoms with Crippen molar-refractivity contribution in [2.45, 2.75) is 33.3 Å². The smallest absolute Gasteiger partial charge is 0.349 e. The van der Waals surface area contributed by atoms with Crippen molar-refractivity contribution in [3.8, 4) is 5.75 Å². The number of carbonyl (C=O) groups excluding carboxylic acids is 2. The van der Waals surface area contributed by atoms with E-state index in [2.05, 4.69) is 0 Å². The van der Waals surface area contributed by atoms with Crippen LogP contribution >= 0.6 is 0 Å². The monoisotopic (exact) mass is 326 g/mol. The summed E-state index contributed by atoms with van der Waals surface area (Å²) in [4.78, 5) is 24.3. The van der Waals surface area contributed by atoms with Gasteiger partial charge < -0.3 is 9.47 Å². The first-order chi connectivity index (χ1) is 11.3. The van der Waals surface area contributed by atoms with Crippen LogP contribution < -0.4 is 4.74 Å². The Kier molecular flexibility index (Phi) is 5.39. The van der Waals surface area contributed by atoms with E-state index in [9.17, 15) is 9.59 Å². The Balaban J connectivity index is 2.11. The molecule has 0 fully saturated rings. The van der Waals surface area contributed by atoms with Crippen LogP contribution in [0.25, 0.3) is 0 Å². The van der Waals surface area contributed by atoms with Crippen LogP contribution in [0.2, 0.25) is 0 Å². The number of rotatable bonds is 6. The molecule has 2 aromatic rings. The summed E-state index contributed by atoms with van der Waals surface area (Å²) in [6.45, 7) is 7.33. The summed E-state index contributed by atoms with van der Waals surface area (Å²) >= 11 is 0. The van der Waals surface area contributed by atoms with Crippen LogP contribution in [0.5, 0.6) is 5.75 Å². The van der Waals surface area contributed by atoms with Crippen molar-refractivity contribution in [1.29, 1.82) is 0 Å². The molecule has 0 unspecified atom stereocenters. The van der Waals surface area contributed by atoms with Crippen LogP contribution in [-0.2, 0) is 9.53 Å². The molecular formula is C20H22O4. The van der Waals surface area contributed by atoms with Gasteiger partial charge in [0.2, 0.25) is 0 Å². The fourth-order valence-corrected chi connectivity index (χ4v) is 2.19. The van der Waals surface area contributed by atoms with Crippen LogP contribution in [0.3, 0.4) is 0 Å². The predicted molar refractivity (Wildman–Crippen MR) is 92.4 cm³/mol. The summed E-state index contributed by atoms with van der Waals surface area (Å²) in [7, 11) is 0. The Morgan fingerprint density at radius 2 is 1.42 bits per heavy atom. The minimum atomic E-state index is -1.08. The van der Waals surface area contributed by atoms with Gasteiger partial charge in [0.1, 0.15) is 5.75 Å². The zero-order valence-electron chi connectivity index (χ0n) is 14.5. The van der Waals surface area contributed by atoms with Gasteiger partial charge in [-0.1, -0.05) is 29.8 Å². The maximum absolute atomic E-state index is 12.4. The minimum Gasteiger partial charge on any atom is -0.476 e. The van der Waals surface area contributed by atoms with Crippen LogP contribution in [0.15, 0.2) is 48.5 Å². The zero-order valence-corrected chi connectivity index (χ0v) is 14.5. The first kappa shape index (κ1) is 17.7. The van der Waals surface area contributed by atoms with Gasteiger partial charge in [-0.2, -0.15) is 0 Å². The summed E-state index contributed by atoms with van der Waals surface area (Å²) in [5, 5.41) is 0. The fraction of sp³-hybridized carbons (Fsp3) is 0.300. The van der Waals surface area contributed by atoms with Crippen LogP contribution in [-0.4, -0.2) is 24.0 Å². The highest BCUT2D eigenvalue weighted by molar-refractivity contribution is 6.09. The average Bonchev–Trinajstić information content (AvgIpc) is 2.55. The van der Waals surface area contributed by atoms with Crippen molar-refractivity contribution in [3.63, 3.8) is 0 Å². The average molecular weight is 326 g/mol. The normalized spacial score (nSPS) is 11.0. The Morgan fingerprint density at radius 3 is 1.92 bits per heavy atom. The maximum Gasteiger partial charge on any atom is 0.349 e. The summed E-state index contributed by atoms with van der Waals surface area (Å²) in [6.07, 6.45) is 0. The molecule has 0 radical (unpaired) electrons. The second-order valence-corrected chi connectivity index (χ2v) is 6.05. The molecule has 4 nitrogen and oxygen atoms in total. The third kappa shape index (κ3) is 4.22. The van der Waals surface area contributed by atoms with E-state index in [-0.39, 0.29) is 5.78 Å². The van der Waals surface area contributed by atoms with E-state index in [0.717, 1.165) is 5.56 Å². The molecule has 2 aromatic carbocycles. The molecule has 0 N–H and O–H groups in total. The number of benzene rings is 2. The molecule has 0 aliphatic carbocycles. The molecule has 0 aliphatic rings. The van der Waals surface area contributed by atoms with Crippen LogP contribution in [0.4, 0.5) is 0 Å². The van der Waals surface area contributed by atoms with Gasteiger partial charge in [-0.25, -0.2) is 4.79 Å². The minimum absolute atomic E-state index is 0.0498. The van der Waals surface area contributed by atoms with E-state index in [1.54, 1.807) is 45.0 Å². The Labute approximate surface area is 142 Å². The lowest BCUT2D eigenvalue weighted by Gasteiger charge is -2.24. The summed E-state index contributed by atoms with van der Waals surface area (Å²) in [5.41, 5.74) is 1.23. The van der Waals surface area contributed by atoms with Crippen molar-refractivity contribution in [2.24, 2.45) is 0 Å². The number of hydrogen-bond acceptors (Lipinski definition) is 4. The van der Waals surface area contributed by atoms with Crippen molar-refractivity contribution in [2.75, 3.05) is 6.61 Å². The van der Waals surface area contributed by atoms with Crippen molar-refractivity contribution >= 4 is 11.8 Å². The van der Waals surface area contributed by atoms with Crippen molar-refractivity contribution < 1.29 is 19.1 Å². The zero-order chi connectivity index (χ0) is 17.7. The second kappa shape index (κ2) is 7.30. The van der Waals surface area contributed by atoms with E-state index in [4.69, 9.17) is 9.47 Å². The molecule has 126 valence electrons. The quantitative estimate of drug-likeness (QED) is 0.596. The van der Waals surface area contributed by atoms with Gasteiger partial charge in [-0.05, 0) is 52.0 Å². The van der Waals surface area contributed by atoms with Gasteiger partial charge in [0.15, 0.2) is 11.4 Å².